The third kappa shape index (κ3) is 6.36. The predicted molar refractivity (Wildman–Crippen MR) is 112 cm³/mol. The lowest BCUT2D eigenvalue weighted by atomic mass is 10.2. The van der Waals surface area contributed by atoms with E-state index in [9.17, 15) is 9.90 Å². The molecule has 0 aromatic heterocycles. The lowest BCUT2D eigenvalue weighted by Crippen LogP contribution is -2.35. The van der Waals surface area contributed by atoms with Gasteiger partial charge in [-0.3, -0.25) is 4.79 Å². The molecule has 0 fully saturated rings. The Labute approximate surface area is 170 Å². The van der Waals surface area contributed by atoms with Crippen molar-refractivity contribution < 1.29 is 19.4 Å². The van der Waals surface area contributed by atoms with E-state index >= 15 is 0 Å². The van der Waals surface area contributed by atoms with Crippen molar-refractivity contribution in [3.8, 4) is 11.5 Å². The van der Waals surface area contributed by atoms with Gasteiger partial charge in [-0.1, -0.05) is 48.5 Å². The number of hydrogen-bond acceptors (Lipinski definition) is 4. The zero-order valence-electron chi connectivity index (χ0n) is 16.4. The maximum Gasteiger partial charge on any atom is 0.251 e. The Balaban J connectivity index is 1.42. The minimum absolute atomic E-state index is 0.108. The second-order valence-corrected chi connectivity index (χ2v) is 6.74. The van der Waals surface area contributed by atoms with Crippen LogP contribution in [-0.2, 0) is 6.61 Å². The maximum absolute atomic E-state index is 12.3. The first-order valence-corrected chi connectivity index (χ1v) is 9.53. The molecule has 0 saturated carbocycles. The van der Waals surface area contributed by atoms with Crippen LogP contribution in [0.5, 0.6) is 11.5 Å². The van der Waals surface area contributed by atoms with Crippen molar-refractivity contribution >= 4 is 5.91 Å². The Bertz CT molecular complexity index is 910. The van der Waals surface area contributed by atoms with Crippen LogP contribution < -0.4 is 14.8 Å². The van der Waals surface area contributed by atoms with Crippen molar-refractivity contribution in [2.24, 2.45) is 0 Å². The fourth-order valence-electron chi connectivity index (χ4n) is 2.72. The number of hydrogen-bond donors (Lipinski definition) is 2. The second-order valence-electron chi connectivity index (χ2n) is 6.74. The summed E-state index contributed by atoms with van der Waals surface area (Å²) in [5.41, 5.74) is 2.58. The first-order valence-electron chi connectivity index (χ1n) is 9.53. The molecule has 2 N–H and O–H groups in total. The van der Waals surface area contributed by atoms with E-state index in [1.165, 1.54) is 0 Å². The lowest BCUT2D eigenvalue weighted by molar-refractivity contribution is 0.0842. The number of aryl methyl sites for hydroxylation is 1. The molecule has 3 rings (SSSR count). The second kappa shape index (κ2) is 10.3. The van der Waals surface area contributed by atoms with Gasteiger partial charge in [0.1, 0.15) is 30.8 Å². The van der Waals surface area contributed by atoms with Gasteiger partial charge >= 0.3 is 0 Å². The number of amides is 1. The third-order valence-corrected chi connectivity index (χ3v) is 4.39. The zero-order chi connectivity index (χ0) is 20.5. The minimum atomic E-state index is -0.799. The number of carbonyl (C=O) groups is 1. The SMILES string of the molecule is Cc1ccccc1OCC(O)CNC(=O)c1ccc(OCc2ccccc2)cc1. The number of aliphatic hydroxyl groups is 1. The predicted octanol–water partition coefficient (Wildman–Crippen LogP) is 3.74. The molecule has 0 aliphatic heterocycles. The van der Waals surface area contributed by atoms with Crippen LogP contribution in [0.3, 0.4) is 0 Å². The fourth-order valence-corrected chi connectivity index (χ4v) is 2.72. The monoisotopic (exact) mass is 391 g/mol. The number of nitrogens with one attached hydrogen (secondary N) is 1. The molecule has 1 atom stereocenters. The van der Waals surface area contributed by atoms with Gasteiger partial charge in [-0.25, -0.2) is 0 Å². The van der Waals surface area contributed by atoms with Crippen molar-refractivity contribution in [1.82, 2.24) is 5.32 Å². The molecule has 29 heavy (non-hydrogen) atoms. The molecule has 5 heteroatoms. The van der Waals surface area contributed by atoms with Crippen molar-refractivity contribution in [3.05, 3.63) is 95.6 Å². The van der Waals surface area contributed by atoms with E-state index in [-0.39, 0.29) is 19.1 Å². The Morgan fingerprint density at radius 1 is 0.931 bits per heavy atom. The summed E-state index contributed by atoms with van der Waals surface area (Å²) in [6.07, 6.45) is -0.799. The molecule has 150 valence electrons. The normalized spacial score (nSPS) is 11.5. The average Bonchev–Trinajstić information content (AvgIpc) is 2.76. The molecule has 3 aromatic rings. The molecule has 5 nitrogen and oxygen atoms in total. The summed E-state index contributed by atoms with van der Waals surface area (Å²) in [7, 11) is 0. The molecule has 0 radical (unpaired) electrons. The Kier molecular flexibility index (Phi) is 7.25. The molecule has 1 unspecified atom stereocenters. The van der Waals surface area contributed by atoms with Gasteiger partial charge in [-0.05, 0) is 48.4 Å². The van der Waals surface area contributed by atoms with Crippen molar-refractivity contribution in [2.45, 2.75) is 19.6 Å². The number of carbonyl (C=O) groups excluding carboxylic acids is 1. The largest absolute Gasteiger partial charge is 0.491 e. The van der Waals surface area contributed by atoms with Crippen LogP contribution in [0.15, 0.2) is 78.9 Å². The average molecular weight is 391 g/mol. The fraction of sp³-hybridized carbons (Fsp3) is 0.208. The lowest BCUT2D eigenvalue weighted by Gasteiger charge is -2.14. The molecule has 0 aliphatic carbocycles. The number of ether oxygens (including phenoxy) is 2. The quantitative estimate of drug-likeness (QED) is 0.583. The van der Waals surface area contributed by atoms with Gasteiger partial charge in [0.05, 0.1) is 0 Å². The molecule has 1 amide bonds. The van der Waals surface area contributed by atoms with Crippen LogP contribution in [0, 0.1) is 6.92 Å². The van der Waals surface area contributed by atoms with E-state index in [4.69, 9.17) is 9.47 Å². The summed E-state index contributed by atoms with van der Waals surface area (Å²) < 4.78 is 11.3. The zero-order valence-corrected chi connectivity index (χ0v) is 16.4. The van der Waals surface area contributed by atoms with Crippen molar-refractivity contribution in [3.63, 3.8) is 0 Å². The number of aliphatic hydroxyl groups excluding tert-OH is 1. The van der Waals surface area contributed by atoms with E-state index < -0.39 is 6.10 Å². The van der Waals surface area contributed by atoms with Crippen LogP contribution in [0.4, 0.5) is 0 Å². The highest BCUT2D eigenvalue weighted by Crippen LogP contribution is 2.16. The Hall–Kier alpha value is -3.31. The summed E-state index contributed by atoms with van der Waals surface area (Å²) in [5.74, 6) is 1.16. The molecule has 0 spiro atoms. The van der Waals surface area contributed by atoms with Crippen molar-refractivity contribution in [1.29, 1.82) is 0 Å². The van der Waals surface area contributed by atoms with Gasteiger partial charge in [0.2, 0.25) is 0 Å². The highest BCUT2D eigenvalue weighted by molar-refractivity contribution is 5.94. The third-order valence-electron chi connectivity index (χ3n) is 4.39. The molecular formula is C24H25NO4. The Morgan fingerprint density at radius 3 is 2.34 bits per heavy atom. The highest BCUT2D eigenvalue weighted by atomic mass is 16.5. The van der Waals surface area contributed by atoms with E-state index in [0.29, 0.717) is 17.9 Å². The molecular weight excluding hydrogens is 366 g/mol. The van der Waals surface area contributed by atoms with Gasteiger partial charge in [-0.2, -0.15) is 0 Å². The van der Waals surface area contributed by atoms with Crippen LogP contribution in [0.25, 0.3) is 0 Å². The van der Waals surface area contributed by atoms with Crippen LogP contribution in [0.2, 0.25) is 0 Å². The standard InChI is InChI=1S/C24H25NO4/c1-18-7-5-6-10-23(18)29-17-21(26)15-25-24(27)20-11-13-22(14-12-20)28-16-19-8-3-2-4-9-19/h2-14,21,26H,15-17H2,1H3,(H,25,27). The number of rotatable bonds is 9. The minimum Gasteiger partial charge on any atom is -0.491 e. The smallest absolute Gasteiger partial charge is 0.251 e. The van der Waals surface area contributed by atoms with Gasteiger partial charge in [0.25, 0.3) is 5.91 Å². The number of para-hydroxylation sites is 1. The Morgan fingerprint density at radius 2 is 1.62 bits per heavy atom. The van der Waals surface area contributed by atoms with Crippen molar-refractivity contribution in [2.75, 3.05) is 13.2 Å². The van der Waals surface area contributed by atoms with Gasteiger partial charge in [0.15, 0.2) is 0 Å². The van der Waals surface area contributed by atoms with E-state index in [2.05, 4.69) is 5.32 Å². The molecule has 0 aliphatic rings. The summed E-state index contributed by atoms with van der Waals surface area (Å²) in [4.78, 5) is 12.3. The van der Waals surface area contributed by atoms with Crippen LogP contribution >= 0.6 is 0 Å². The number of benzene rings is 3. The highest BCUT2D eigenvalue weighted by Gasteiger charge is 2.10. The molecule has 0 heterocycles. The van der Waals surface area contributed by atoms with E-state index in [1.807, 2.05) is 61.5 Å². The topological polar surface area (TPSA) is 67.8 Å². The first-order chi connectivity index (χ1) is 14.1. The summed E-state index contributed by atoms with van der Waals surface area (Å²) in [6, 6.07) is 24.4. The summed E-state index contributed by atoms with van der Waals surface area (Å²) in [6.45, 7) is 2.63. The first kappa shape index (κ1) is 20.4. The van der Waals surface area contributed by atoms with Gasteiger partial charge in [0, 0.05) is 12.1 Å². The maximum atomic E-state index is 12.3. The summed E-state index contributed by atoms with van der Waals surface area (Å²) in [5, 5.41) is 12.8. The van der Waals surface area contributed by atoms with Gasteiger partial charge < -0.3 is 19.9 Å². The van der Waals surface area contributed by atoms with Crippen LogP contribution in [-0.4, -0.2) is 30.3 Å². The molecule has 0 saturated heterocycles. The molecule has 3 aromatic carbocycles. The van der Waals surface area contributed by atoms with E-state index in [1.54, 1.807) is 24.3 Å². The summed E-state index contributed by atoms with van der Waals surface area (Å²) >= 11 is 0. The van der Waals surface area contributed by atoms with E-state index in [0.717, 1.165) is 16.9 Å². The molecule has 0 bridgehead atoms. The van der Waals surface area contributed by atoms with Crippen LogP contribution in [0.1, 0.15) is 21.5 Å². The van der Waals surface area contributed by atoms with Gasteiger partial charge in [-0.15, -0.1) is 0 Å².